The van der Waals surface area contributed by atoms with Crippen molar-refractivity contribution in [3.63, 3.8) is 0 Å². The molecule has 1 unspecified atom stereocenters. The van der Waals surface area contributed by atoms with Gasteiger partial charge in [-0.05, 0) is 26.8 Å². The number of likely N-dealkylation sites (N-methyl/N-ethyl adjacent to an activating group) is 1. The molecule has 6 nitrogen and oxygen atoms in total. The molecular formula is C15H28N4O2. The summed E-state index contributed by atoms with van der Waals surface area (Å²) in [7, 11) is 2.08. The predicted molar refractivity (Wildman–Crippen MR) is 82.2 cm³/mol. The van der Waals surface area contributed by atoms with E-state index in [0.717, 1.165) is 45.3 Å². The highest BCUT2D eigenvalue weighted by molar-refractivity contribution is 6.06. The SMILES string of the molecule is CC1CN(C(=O)C2(C(N)=NO)CCCCCC2)CCN1C. The molecular weight excluding hydrogens is 268 g/mol. The molecule has 0 aromatic carbocycles. The Morgan fingerprint density at radius 3 is 2.38 bits per heavy atom. The summed E-state index contributed by atoms with van der Waals surface area (Å²) < 4.78 is 0. The minimum absolute atomic E-state index is 0.0552. The zero-order chi connectivity index (χ0) is 15.5. The van der Waals surface area contributed by atoms with Crippen molar-refractivity contribution in [1.29, 1.82) is 0 Å². The Hall–Kier alpha value is -1.30. The normalized spacial score (nSPS) is 28.2. The Kier molecular flexibility index (Phi) is 5.08. The first-order valence-electron chi connectivity index (χ1n) is 7.99. The lowest BCUT2D eigenvalue weighted by Gasteiger charge is -2.42. The van der Waals surface area contributed by atoms with Crippen LogP contribution < -0.4 is 5.73 Å². The van der Waals surface area contributed by atoms with Crippen molar-refractivity contribution in [3.05, 3.63) is 0 Å². The molecule has 0 aromatic heterocycles. The number of amidine groups is 1. The van der Waals surface area contributed by atoms with Gasteiger partial charge in [-0.25, -0.2) is 0 Å². The number of hydrogen-bond acceptors (Lipinski definition) is 4. The van der Waals surface area contributed by atoms with E-state index in [1.54, 1.807) is 0 Å². The number of nitrogens with zero attached hydrogens (tertiary/aromatic N) is 3. The van der Waals surface area contributed by atoms with Crippen molar-refractivity contribution in [2.45, 2.75) is 51.5 Å². The molecule has 2 aliphatic rings. The summed E-state index contributed by atoms with van der Waals surface area (Å²) in [6.45, 7) is 4.44. The van der Waals surface area contributed by atoms with Gasteiger partial charge in [0.05, 0.1) is 0 Å². The molecule has 2 rings (SSSR count). The highest BCUT2D eigenvalue weighted by Crippen LogP contribution is 2.37. The predicted octanol–water partition coefficient (Wildman–Crippen LogP) is 1.24. The highest BCUT2D eigenvalue weighted by Gasteiger charge is 2.46. The Balaban J connectivity index is 2.22. The van der Waals surface area contributed by atoms with Crippen LogP contribution in [0.5, 0.6) is 0 Å². The molecule has 0 aromatic rings. The van der Waals surface area contributed by atoms with Gasteiger partial charge < -0.3 is 20.7 Å². The van der Waals surface area contributed by atoms with Crippen LogP contribution >= 0.6 is 0 Å². The fraction of sp³-hybridized carbons (Fsp3) is 0.867. The molecule has 0 spiro atoms. The summed E-state index contributed by atoms with van der Waals surface area (Å²) in [4.78, 5) is 17.3. The number of amides is 1. The summed E-state index contributed by atoms with van der Waals surface area (Å²) in [5.41, 5.74) is 5.17. The summed E-state index contributed by atoms with van der Waals surface area (Å²) in [6, 6.07) is 0.345. The van der Waals surface area contributed by atoms with Crippen molar-refractivity contribution in [2.75, 3.05) is 26.7 Å². The second-order valence-corrected chi connectivity index (χ2v) is 6.56. The van der Waals surface area contributed by atoms with Crippen molar-refractivity contribution >= 4 is 11.7 Å². The Morgan fingerprint density at radius 2 is 1.86 bits per heavy atom. The number of carbonyl (C=O) groups is 1. The average Bonchev–Trinajstić information content (AvgIpc) is 2.75. The molecule has 6 heteroatoms. The van der Waals surface area contributed by atoms with E-state index in [2.05, 4.69) is 24.0 Å². The zero-order valence-electron chi connectivity index (χ0n) is 13.2. The maximum atomic E-state index is 13.1. The molecule has 1 aliphatic heterocycles. The summed E-state index contributed by atoms with van der Waals surface area (Å²) in [6.07, 6.45) is 5.56. The molecule has 2 fully saturated rings. The van der Waals surface area contributed by atoms with Gasteiger partial charge in [-0.2, -0.15) is 0 Å². The van der Waals surface area contributed by atoms with Crippen LogP contribution in [0.3, 0.4) is 0 Å². The summed E-state index contributed by atoms with van der Waals surface area (Å²) in [5, 5.41) is 12.4. The van der Waals surface area contributed by atoms with Gasteiger partial charge in [0.25, 0.3) is 0 Å². The van der Waals surface area contributed by atoms with Crippen LogP contribution in [-0.4, -0.2) is 59.5 Å². The standard InChI is InChI=1S/C15H28N4O2/c1-12-11-19(10-9-18(12)2)14(20)15(13(16)17-21)7-5-3-4-6-8-15/h12,21H,3-11H2,1-2H3,(H2,16,17). The van der Waals surface area contributed by atoms with Gasteiger partial charge in [0, 0.05) is 25.7 Å². The van der Waals surface area contributed by atoms with Crippen LogP contribution in [0.15, 0.2) is 5.16 Å². The molecule has 1 amide bonds. The second kappa shape index (κ2) is 6.64. The first-order chi connectivity index (χ1) is 10.0. The molecule has 1 saturated carbocycles. The Morgan fingerprint density at radius 1 is 1.24 bits per heavy atom. The van der Waals surface area contributed by atoms with E-state index in [-0.39, 0.29) is 11.7 Å². The van der Waals surface area contributed by atoms with Crippen molar-refractivity contribution in [2.24, 2.45) is 16.3 Å². The van der Waals surface area contributed by atoms with Gasteiger partial charge in [0.15, 0.2) is 5.84 Å². The number of nitrogens with two attached hydrogens (primary N) is 1. The van der Waals surface area contributed by atoms with Gasteiger partial charge in [-0.15, -0.1) is 0 Å². The van der Waals surface area contributed by atoms with Crippen molar-refractivity contribution < 1.29 is 10.0 Å². The fourth-order valence-corrected chi connectivity index (χ4v) is 3.54. The summed E-state index contributed by atoms with van der Waals surface area (Å²) >= 11 is 0. The highest BCUT2D eigenvalue weighted by atomic mass is 16.4. The third-order valence-corrected chi connectivity index (χ3v) is 5.21. The van der Waals surface area contributed by atoms with Gasteiger partial charge in [0.1, 0.15) is 5.41 Å². The molecule has 0 radical (unpaired) electrons. The summed E-state index contributed by atoms with van der Waals surface area (Å²) in [5.74, 6) is 0.153. The van der Waals surface area contributed by atoms with E-state index in [0.29, 0.717) is 18.9 Å². The number of hydrogen-bond donors (Lipinski definition) is 2. The zero-order valence-corrected chi connectivity index (χ0v) is 13.2. The third kappa shape index (κ3) is 3.15. The first kappa shape index (κ1) is 16.1. The van der Waals surface area contributed by atoms with Gasteiger partial charge in [0.2, 0.25) is 5.91 Å². The second-order valence-electron chi connectivity index (χ2n) is 6.56. The molecule has 0 bridgehead atoms. The first-order valence-corrected chi connectivity index (χ1v) is 7.99. The minimum atomic E-state index is -0.791. The van der Waals surface area contributed by atoms with Crippen LogP contribution in [-0.2, 0) is 4.79 Å². The van der Waals surface area contributed by atoms with E-state index in [4.69, 9.17) is 10.9 Å². The molecule has 21 heavy (non-hydrogen) atoms. The lowest BCUT2D eigenvalue weighted by atomic mass is 9.77. The maximum Gasteiger partial charge on any atom is 0.236 e. The van der Waals surface area contributed by atoms with Crippen molar-refractivity contribution in [1.82, 2.24) is 9.80 Å². The monoisotopic (exact) mass is 296 g/mol. The van der Waals surface area contributed by atoms with Crippen LogP contribution in [0.25, 0.3) is 0 Å². The fourth-order valence-electron chi connectivity index (χ4n) is 3.54. The lowest BCUT2D eigenvalue weighted by molar-refractivity contribution is -0.141. The third-order valence-electron chi connectivity index (χ3n) is 5.21. The number of piperazine rings is 1. The maximum absolute atomic E-state index is 13.1. The number of oxime groups is 1. The molecule has 3 N–H and O–H groups in total. The number of rotatable bonds is 2. The van der Waals surface area contributed by atoms with Gasteiger partial charge >= 0.3 is 0 Å². The van der Waals surface area contributed by atoms with Crippen LogP contribution in [0.4, 0.5) is 0 Å². The minimum Gasteiger partial charge on any atom is -0.409 e. The Bertz CT molecular complexity index is 402. The quantitative estimate of drug-likeness (QED) is 0.264. The van der Waals surface area contributed by atoms with E-state index in [1.807, 2.05) is 4.90 Å². The average molecular weight is 296 g/mol. The lowest BCUT2D eigenvalue weighted by Crippen LogP contribution is -2.58. The molecule has 1 saturated heterocycles. The van der Waals surface area contributed by atoms with Gasteiger partial charge in [-0.1, -0.05) is 30.8 Å². The van der Waals surface area contributed by atoms with E-state index < -0.39 is 5.41 Å². The molecule has 120 valence electrons. The van der Waals surface area contributed by atoms with E-state index in [1.165, 1.54) is 0 Å². The van der Waals surface area contributed by atoms with E-state index >= 15 is 0 Å². The smallest absolute Gasteiger partial charge is 0.236 e. The molecule has 1 heterocycles. The van der Waals surface area contributed by atoms with Crippen LogP contribution in [0, 0.1) is 5.41 Å². The number of carbonyl (C=O) groups excluding carboxylic acids is 1. The Labute approximate surface area is 127 Å². The van der Waals surface area contributed by atoms with E-state index in [9.17, 15) is 4.79 Å². The van der Waals surface area contributed by atoms with Crippen LogP contribution in [0.2, 0.25) is 0 Å². The van der Waals surface area contributed by atoms with Crippen molar-refractivity contribution in [3.8, 4) is 0 Å². The van der Waals surface area contributed by atoms with Crippen LogP contribution in [0.1, 0.15) is 45.4 Å². The largest absolute Gasteiger partial charge is 0.409 e. The van der Waals surface area contributed by atoms with Gasteiger partial charge in [-0.3, -0.25) is 4.79 Å². The topological polar surface area (TPSA) is 82.2 Å². The molecule has 1 aliphatic carbocycles. The molecule has 1 atom stereocenters.